The highest BCUT2D eigenvalue weighted by molar-refractivity contribution is 7.98. The van der Waals surface area contributed by atoms with Gasteiger partial charge in [-0.2, -0.15) is 9.78 Å². The Hall–Kier alpha value is -3.09. The first-order valence-electron chi connectivity index (χ1n) is 9.30. The van der Waals surface area contributed by atoms with E-state index in [0.717, 1.165) is 22.4 Å². The number of nitrogens with zero attached hydrogens (tertiary/aromatic N) is 4. The van der Waals surface area contributed by atoms with Crippen molar-refractivity contribution in [3.8, 4) is 17.1 Å². The minimum absolute atomic E-state index is 0.377. The normalized spacial score (nSPS) is 11.1. The molecule has 0 aliphatic rings. The summed E-state index contributed by atoms with van der Waals surface area (Å²) in [5, 5.41) is 14.6. The smallest absolute Gasteiger partial charge is 0.212 e. The second-order valence-corrected chi connectivity index (χ2v) is 7.53. The SMILES string of the molecule is CSc1nnc(-c2ccccc2)n1/N=C/c1ccccc1OCc1ccccc1Cl. The zero-order valence-electron chi connectivity index (χ0n) is 16.3. The molecule has 0 amide bonds. The molecule has 4 rings (SSSR count). The van der Waals surface area contributed by atoms with Gasteiger partial charge < -0.3 is 4.74 Å². The molecule has 0 saturated heterocycles. The third kappa shape index (κ3) is 4.56. The van der Waals surface area contributed by atoms with E-state index in [4.69, 9.17) is 16.3 Å². The number of ether oxygens (including phenoxy) is 1. The van der Waals surface area contributed by atoms with Crippen molar-refractivity contribution >= 4 is 29.6 Å². The van der Waals surface area contributed by atoms with Gasteiger partial charge in [0.1, 0.15) is 12.4 Å². The van der Waals surface area contributed by atoms with E-state index < -0.39 is 0 Å². The van der Waals surface area contributed by atoms with Crippen LogP contribution in [0.25, 0.3) is 11.4 Å². The Bertz CT molecular complexity index is 1160. The Morgan fingerprint density at radius 3 is 2.50 bits per heavy atom. The quantitative estimate of drug-likeness (QED) is 0.273. The summed E-state index contributed by atoms with van der Waals surface area (Å²) in [4.78, 5) is 0. The summed E-state index contributed by atoms with van der Waals surface area (Å²) in [6.07, 6.45) is 3.71. The highest BCUT2D eigenvalue weighted by Crippen LogP contribution is 2.24. The van der Waals surface area contributed by atoms with Crippen LogP contribution >= 0.6 is 23.4 Å². The molecule has 5 nitrogen and oxygen atoms in total. The lowest BCUT2D eigenvalue weighted by molar-refractivity contribution is 0.306. The van der Waals surface area contributed by atoms with Crippen LogP contribution in [0.4, 0.5) is 0 Å². The van der Waals surface area contributed by atoms with E-state index in [1.165, 1.54) is 11.8 Å². The zero-order chi connectivity index (χ0) is 20.8. The van der Waals surface area contributed by atoms with Gasteiger partial charge in [-0.25, -0.2) is 0 Å². The summed E-state index contributed by atoms with van der Waals surface area (Å²) in [7, 11) is 0. The zero-order valence-corrected chi connectivity index (χ0v) is 17.8. The van der Waals surface area contributed by atoms with Gasteiger partial charge in [0.25, 0.3) is 0 Å². The number of aromatic nitrogens is 3. The highest BCUT2D eigenvalue weighted by Gasteiger charge is 2.12. The minimum Gasteiger partial charge on any atom is -0.488 e. The average Bonchev–Trinajstić information content (AvgIpc) is 3.21. The average molecular weight is 435 g/mol. The molecule has 0 spiro atoms. The lowest BCUT2D eigenvalue weighted by Gasteiger charge is -2.10. The summed E-state index contributed by atoms with van der Waals surface area (Å²) in [5.41, 5.74) is 2.73. The molecular weight excluding hydrogens is 416 g/mol. The molecule has 0 radical (unpaired) electrons. The number of para-hydroxylation sites is 1. The second-order valence-electron chi connectivity index (χ2n) is 6.35. The summed E-state index contributed by atoms with van der Waals surface area (Å²) in [6, 6.07) is 25.3. The third-order valence-corrected chi connectivity index (χ3v) is 5.39. The first-order valence-corrected chi connectivity index (χ1v) is 10.9. The van der Waals surface area contributed by atoms with Crippen LogP contribution in [0.3, 0.4) is 0 Å². The lowest BCUT2D eigenvalue weighted by Crippen LogP contribution is -2.00. The molecule has 1 aromatic heterocycles. The molecule has 0 atom stereocenters. The van der Waals surface area contributed by atoms with E-state index in [9.17, 15) is 0 Å². The van der Waals surface area contributed by atoms with Crippen molar-refractivity contribution in [1.29, 1.82) is 0 Å². The topological polar surface area (TPSA) is 52.3 Å². The van der Waals surface area contributed by atoms with Gasteiger partial charge >= 0.3 is 0 Å². The highest BCUT2D eigenvalue weighted by atomic mass is 35.5. The van der Waals surface area contributed by atoms with E-state index in [0.29, 0.717) is 22.6 Å². The molecule has 3 aromatic carbocycles. The van der Waals surface area contributed by atoms with Crippen LogP contribution in [-0.4, -0.2) is 27.3 Å². The molecule has 0 saturated carbocycles. The summed E-state index contributed by atoms with van der Waals surface area (Å²) in [6.45, 7) is 0.377. The van der Waals surface area contributed by atoms with E-state index in [1.54, 1.807) is 10.9 Å². The monoisotopic (exact) mass is 434 g/mol. The van der Waals surface area contributed by atoms with Crippen molar-refractivity contribution in [2.45, 2.75) is 11.8 Å². The molecule has 7 heteroatoms. The maximum atomic E-state index is 6.24. The van der Waals surface area contributed by atoms with Gasteiger partial charge in [-0.3, -0.25) is 0 Å². The summed E-state index contributed by atoms with van der Waals surface area (Å²) < 4.78 is 7.76. The van der Waals surface area contributed by atoms with E-state index in [2.05, 4.69) is 15.3 Å². The first kappa shape index (κ1) is 20.2. The molecule has 0 aliphatic heterocycles. The Balaban J connectivity index is 1.61. The predicted molar refractivity (Wildman–Crippen MR) is 122 cm³/mol. The van der Waals surface area contributed by atoms with E-state index >= 15 is 0 Å². The van der Waals surface area contributed by atoms with Gasteiger partial charge in [-0.15, -0.1) is 10.2 Å². The van der Waals surface area contributed by atoms with Crippen molar-refractivity contribution in [1.82, 2.24) is 14.9 Å². The van der Waals surface area contributed by atoms with Gasteiger partial charge in [0.15, 0.2) is 5.82 Å². The van der Waals surface area contributed by atoms with Crippen molar-refractivity contribution in [2.24, 2.45) is 5.10 Å². The number of thioether (sulfide) groups is 1. The lowest BCUT2D eigenvalue weighted by atomic mass is 10.2. The molecule has 30 heavy (non-hydrogen) atoms. The van der Waals surface area contributed by atoms with Crippen LogP contribution in [0.5, 0.6) is 5.75 Å². The summed E-state index contributed by atoms with van der Waals surface area (Å²) >= 11 is 7.73. The van der Waals surface area contributed by atoms with Crippen LogP contribution < -0.4 is 4.74 Å². The molecule has 0 aliphatic carbocycles. The Morgan fingerprint density at radius 2 is 1.70 bits per heavy atom. The second kappa shape index (κ2) is 9.61. The summed E-state index contributed by atoms with van der Waals surface area (Å²) in [5.74, 6) is 1.41. The molecule has 4 aromatic rings. The number of hydrogen-bond donors (Lipinski definition) is 0. The van der Waals surface area contributed by atoms with Crippen molar-refractivity contribution < 1.29 is 4.74 Å². The first-order chi connectivity index (χ1) is 14.8. The van der Waals surface area contributed by atoms with Crippen LogP contribution in [0.1, 0.15) is 11.1 Å². The van der Waals surface area contributed by atoms with Gasteiger partial charge in [0.2, 0.25) is 5.16 Å². The minimum atomic E-state index is 0.377. The van der Waals surface area contributed by atoms with Crippen molar-refractivity contribution in [3.05, 3.63) is 95.0 Å². The maximum absolute atomic E-state index is 6.24. The van der Waals surface area contributed by atoms with Gasteiger partial charge in [0.05, 0.1) is 6.21 Å². The van der Waals surface area contributed by atoms with E-state index in [-0.39, 0.29) is 0 Å². The number of halogens is 1. The van der Waals surface area contributed by atoms with Crippen LogP contribution in [0.15, 0.2) is 89.1 Å². The number of benzene rings is 3. The standard InChI is InChI=1S/C23H19ClN4OS/c1-30-23-27-26-22(17-9-3-2-4-10-17)28(23)25-15-18-11-6-8-14-21(18)29-16-19-12-5-7-13-20(19)24/h2-15H,16H2,1H3/b25-15+. The molecule has 150 valence electrons. The number of hydrogen-bond acceptors (Lipinski definition) is 5. The van der Waals surface area contributed by atoms with Gasteiger partial charge in [-0.05, 0) is 24.5 Å². The van der Waals surface area contributed by atoms with E-state index in [1.807, 2.05) is 85.1 Å². The predicted octanol–water partition coefficient (Wildman–Crippen LogP) is 5.78. The molecule has 1 heterocycles. The molecule has 0 bridgehead atoms. The molecule has 0 unspecified atom stereocenters. The molecule has 0 fully saturated rings. The fourth-order valence-electron chi connectivity index (χ4n) is 2.87. The van der Waals surface area contributed by atoms with Crippen LogP contribution in [0, 0.1) is 0 Å². The molecule has 0 N–H and O–H groups in total. The van der Waals surface area contributed by atoms with Crippen molar-refractivity contribution in [2.75, 3.05) is 6.26 Å². The molecular formula is C23H19ClN4OS. The Labute approximate surface area is 184 Å². The fourth-order valence-corrected chi connectivity index (χ4v) is 3.49. The fraction of sp³-hybridized carbons (Fsp3) is 0.0870. The van der Waals surface area contributed by atoms with Crippen LogP contribution in [-0.2, 0) is 6.61 Å². The Kier molecular flexibility index (Phi) is 6.47. The number of rotatable bonds is 7. The third-order valence-electron chi connectivity index (χ3n) is 4.40. The van der Waals surface area contributed by atoms with Crippen LogP contribution in [0.2, 0.25) is 5.02 Å². The van der Waals surface area contributed by atoms with Gasteiger partial charge in [-0.1, -0.05) is 84.0 Å². The maximum Gasteiger partial charge on any atom is 0.212 e. The Morgan fingerprint density at radius 1 is 0.967 bits per heavy atom. The van der Waals surface area contributed by atoms with Crippen molar-refractivity contribution in [3.63, 3.8) is 0 Å². The largest absolute Gasteiger partial charge is 0.488 e. The van der Waals surface area contributed by atoms with Gasteiger partial charge in [0, 0.05) is 21.7 Å².